The number of hydrogen-bond acceptors (Lipinski definition) is 6. The predicted molar refractivity (Wildman–Crippen MR) is 128 cm³/mol. The number of nitrogens with zero attached hydrogens (tertiary/aromatic N) is 1. The van der Waals surface area contributed by atoms with Crippen molar-refractivity contribution in [3.63, 3.8) is 0 Å². The lowest BCUT2D eigenvalue weighted by atomic mass is 10.0. The minimum Gasteiger partial charge on any atom is -0.507 e. The van der Waals surface area contributed by atoms with E-state index in [1.54, 1.807) is 26.0 Å². The molecule has 3 N–H and O–H groups in total. The summed E-state index contributed by atoms with van der Waals surface area (Å²) in [6.07, 6.45) is 0. The normalized spacial score (nSPS) is 14.4. The number of carbonyl (C=O) groups is 2. The second-order valence-electron chi connectivity index (χ2n) is 7.76. The average Bonchev–Trinajstić information content (AvgIpc) is 2.70. The number of aromatic hydroxyl groups is 1. The van der Waals surface area contributed by atoms with Gasteiger partial charge in [0.1, 0.15) is 22.9 Å². The summed E-state index contributed by atoms with van der Waals surface area (Å²) in [4.78, 5) is 25.6. The molecular weight excluding hydrogens is 569 g/mol. The number of rotatable bonds is 8. The number of phenolic OH excluding ortho intramolecular Hbond substituents is 1. The zero-order valence-electron chi connectivity index (χ0n) is 17.8. The number of carbonyl (C=O) groups excluding carboxylic acids is 1. The van der Waals surface area contributed by atoms with Crippen LogP contribution in [0.5, 0.6) is 17.2 Å². The van der Waals surface area contributed by atoms with Crippen LogP contribution in [0, 0.1) is 5.92 Å². The Hall–Kier alpha value is -1.87. The van der Waals surface area contributed by atoms with Gasteiger partial charge in [-0.3, -0.25) is 4.79 Å². The summed E-state index contributed by atoms with van der Waals surface area (Å²) < 4.78 is 18.1. The monoisotopic (exact) mass is 591 g/mol. The van der Waals surface area contributed by atoms with Crippen LogP contribution in [0.15, 0.2) is 39.3 Å². The molecule has 0 bridgehead atoms. The summed E-state index contributed by atoms with van der Waals surface area (Å²) >= 11 is 6.73. The Labute approximate surface area is 203 Å². The van der Waals surface area contributed by atoms with Gasteiger partial charge in [-0.2, -0.15) is 0 Å². The van der Waals surface area contributed by atoms with E-state index < -0.39 is 31.7 Å². The average molecular weight is 593 g/mol. The highest BCUT2D eigenvalue weighted by molar-refractivity contribution is 9.11. The van der Waals surface area contributed by atoms with Crippen LogP contribution in [0.4, 0.5) is 0 Å². The van der Waals surface area contributed by atoms with E-state index in [1.807, 2.05) is 0 Å². The van der Waals surface area contributed by atoms with Gasteiger partial charge < -0.3 is 29.5 Å². The van der Waals surface area contributed by atoms with E-state index in [9.17, 15) is 29.5 Å². The topological polar surface area (TPSA) is 124 Å². The van der Waals surface area contributed by atoms with E-state index in [0.29, 0.717) is 20.3 Å². The fourth-order valence-electron chi connectivity index (χ4n) is 3.10. The largest absolute Gasteiger partial charge is 0.507 e. The Bertz CT molecular complexity index is 1040. The van der Waals surface area contributed by atoms with E-state index in [4.69, 9.17) is 4.74 Å². The van der Waals surface area contributed by atoms with Gasteiger partial charge in [0.25, 0.3) is 5.91 Å². The number of benzene rings is 2. The number of halogens is 2. The van der Waals surface area contributed by atoms with Crippen molar-refractivity contribution in [2.24, 2.45) is 5.92 Å². The molecule has 0 heterocycles. The standard InChI is InChI=1S/C21H24Br2NO7P/c1-10(2)17(20(27)28)24(4)19(26)13-9-12(5-6-16(13)25)31-18-14(22)7-11(8-15(18)23)21(3,29)32-30/h5-10,17,25,29H,32H2,1-4H3,(H,27,28). The van der Waals surface area contributed by atoms with Crippen LogP contribution in [-0.4, -0.2) is 45.2 Å². The summed E-state index contributed by atoms with van der Waals surface area (Å²) in [5.74, 6) is -1.94. The van der Waals surface area contributed by atoms with Gasteiger partial charge in [0.15, 0.2) is 5.75 Å². The summed E-state index contributed by atoms with van der Waals surface area (Å²) in [5.41, 5.74) is 0.309. The number of phenols is 1. The molecule has 0 saturated carbocycles. The number of carboxylic acid groups (broad SMARTS) is 1. The van der Waals surface area contributed by atoms with Crippen molar-refractivity contribution in [2.75, 3.05) is 7.05 Å². The molecule has 0 aliphatic rings. The molecule has 2 aromatic carbocycles. The van der Waals surface area contributed by atoms with Gasteiger partial charge in [-0.15, -0.1) is 0 Å². The maximum Gasteiger partial charge on any atom is 0.326 e. The van der Waals surface area contributed by atoms with Crippen LogP contribution in [0.3, 0.4) is 0 Å². The number of ether oxygens (including phenoxy) is 1. The third-order valence-corrected chi connectivity index (χ3v) is 6.82. The first kappa shape index (κ1) is 26.4. The van der Waals surface area contributed by atoms with Gasteiger partial charge in [-0.05, 0) is 80.6 Å². The number of aliphatic hydroxyl groups is 1. The van der Waals surface area contributed by atoms with Crippen molar-refractivity contribution in [1.82, 2.24) is 4.90 Å². The molecule has 0 aliphatic heterocycles. The lowest BCUT2D eigenvalue weighted by molar-refractivity contribution is -0.143. The van der Waals surface area contributed by atoms with Crippen LogP contribution in [0.1, 0.15) is 36.7 Å². The molecule has 0 saturated heterocycles. The summed E-state index contributed by atoms with van der Waals surface area (Å²) in [7, 11) is -0.120. The van der Waals surface area contributed by atoms with Crippen LogP contribution >= 0.6 is 40.3 Å². The number of amides is 1. The fraction of sp³-hybridized carbons (Fsp3) is 0.333. The minimum atomic E-state index is -1.49. The van der Waals surface area contributed by atoms with Gasteiger partial charge in [-0.25, -0.2) is 4.79 Å². The Morgan fingerprint density at radius 2 is 1.72 bits per heavy atom. The van der Waals surface area contributed by atoms with Crippen molar-refractivity contribution in [3.05, 3.63) is 50.4 Å². The highest BCUT2D eigenvalue weighted by atomic mass is 79.9. The Kier molecular flexibility index (Phi) is 8.56. The van der Waals surface area contributed by atoms with E-state index in [0.717, 1.165) is 4.90 Å². The highest BCUT2D eigenvalue weighted by Crippen LogP contribution is 2.43. The number of likely N-dealkylation sites (N-methyl/N-ethyl adjacent to an activating group) is 1. The molecule has 0 spiro atoms. The van der Waals surface area contributed by atoms with E-state index in [-0.39, 0.29) is 23.0 Å². The molecule has 2 aromatic rings. The van der Waals surface area contributed by atoms with Gasteiger partial charge in [0.05, 0.1) is 23.0 Å². The fourth-order valence-corrected chi connectivity index (χ4v) is 4.75. The summed E-state index contributed by atoms with van der Waals surface area (Å²) in [6, 6.07) is 6.13. The number of hydrogen-bond donors (Lipinski definition) is 3. The van der Waals surface area contributed by atoms with Gasteiger partial charge in [-0.1, -0.05) is 13.8 Å². The lowest BCUT2D eigenvalue weighted by Gasteiger charge is -2.28. The van der Waals surface area contributed by atoms with E-state index in [2.05, 4.69) is 31.9 Å². The molecule has 32 heavy (non-hydrogen) atoms. The minimum absolute atomic E-state index is 0.112. The Morgan fingerprint density at radius 1 is 1.16 bits per heavy atom. The predicted octanol–water partition coefficient (Wildman–Crippen LogP) is 4.81. The molecule has 3 atom stereocenters. The molecule has 174 valence electrons. The third-order valence-electron chi connectivity index (χ3n) is 4.85. The molecule has 0 fully saturated rings. The van der Waals surface area contributed by atoms with Crippen LogP contribution < -0.4 is 4.74 Å². The maximum absolute atomic E-state index is 12.9. The first-order valence-electron chi connectivity index (χ1n) is 9.49. The Morgan fingerprint density at radius 3 is 2.19 bits per heavy atom. The molecule has 0 radical (unpaired) electrons. The highest BCUT2D eigenvalue weighted by Gasteiger charge is 2.31. The van der Waals surface area contributed by atoms with Crippen molar-refractivity contribution < 1.29 is 34.2 Å². The molecule has 11 heteroatoms. The number of aliphatic carboxylic acids is 1. The zero-order chi connectivity index (χ0) is 24.4. The molecule has 3 unspecified atom stereocenters. The zero-order valence-corrected chi connectivity index (χ0v) is 22.1. The van der Waals surface area contributed by atoms with Crippen molar-refractivity contribution in [1.29, 1.82) is 0 Å². The first-order valence-corrected chi connectivity index (χ1v) is 12.1. The molecular formula is C21H24Br2NO7P. The first-order chi connectivity index (χ1) is 14.8. The van der Waals surface area contributed by atoms with E-state index >= 15 is 0 Å². The summed E-state index contributed by atoms with van der Waals surface area (Å²) in [6.45, 7) is 4.82. The van der Waals surface area contributed by atoms with Crippen LogP contribution in [0.25, 0.3) is 0 Å². The van der Waals surface area contributed by atoms with Gasteiger partial charge >= 0.3 is 5.97 Å². The van der Waals surface area contributed by atoms with E-state index in [1.165, 1.54) is 32.2 Å². The molecule has 0 aromatic heterocycles. The SMILES string of the molecule is CC(C)C(C(=O)O)N(C)C(=O)c1cc(Oc2c(Br)cc(C(C)(O)[PH2]=O)cc2Br)ccc1O. The molecule has 1 amide bonds. The maximum atomic E-state index is 12.9. The van der Waals surface area contributed by atoms with Crippen molar-refractivity contribution in [2.45, 2.75) is 32.2 Å². The van der Waals surface area contributed by atoms with Gasteiger partial charge in [0.2, 0.25) is 0 Å². The third kappa shape index (κ3) is 5.73. The summed E-state index contributed by atoms with van der Waals surface area (Å²) in [5, 5.41) is 28.5. The second kappa shape index (κ2) is 10.4. The molecule has 0 aliphatic carbocycles. The van der Waals surface area contributed by atoms with Crippen molar-refractivity contribution in [3.8, 4) is 17.2 Å². The smallest absolute Gasteiger partial charge is 0.326 e. The lowest BCUT2D eigenvalue weighted by Crippen LogP contribution is -2.45. The van der Waals surface area contributed by atoms with Gasteiger partial charge in [0, 0.05) is 7.05 Å². The molecule has 8 nitrogen and oxygen atoms in total. The number of carboxylic acids is 1. The second-order valence-corrected chi connectivity index (χ2v) is 10.8. The van der Waals surface area contributed by atoms with Crippen molar-refractivity contribution >= 4 is 52.2 Å². The Balaban J connectivity index is 2.41. The van der Waals surface area contributed by atoms with Crippen LogP contribution in [0.2, 0.25) is 0 Å². The molecule has 2 rings (SSSR count). The quantitative estimate of drug-likeness (QED) is 0.376. The van der Waals surface area contributed by atoms with Crippen LogP contribution in [-0.2, 0) is 14.7 Å².